The largest absolute Gasteiger partial charge is 0.435 e. The fourth-order valence-corrected chi connectivity index (χ4v) is 3.83. The molecular weight excluding hydrogens is 433 g/mol. The summed E-state index contributed by atoms with van der Waals surface area (Å²) < 4.78 is 69.1. The number of hydrogen-bond acceptors (Lipinski definition) is 6. The van der Waals surface area contributed by atoms with Crippen LogP contribution < -0.4 is 10.2 Å². The van der Waals surface area contributed by atoms with E-state index in [4.69, 9.17) is 0 Å². The minimum absolute atomic E-state index is 0.00836. The summed E-state index contributed by atoms with van der Waals surface area (Å²) in [4.78, 5) is 5.22. The molecule has 0 saturated carbocycles. The average molecular weight is 453 g/mol. The van der Waals surface area contributed by atoms with Crippen LogP contribution >= 0.6 is 0 Å². The van der Waals surface area contributed by atoms with E-state index in [0.717, 1.165) is 6.07 Å². The molecule has 0 unspecified atom stereocenters. The molecule has 0 amide bonds. The van der Waals surface area contributed by atoms with Gasteiger partial charge in [-0.05, 0) is 32.9 Å². The van der Waals surface area contributed by atoms with Crippen LogP contribution in [0.4, 0.5) is 33.5 Å². The van der Waals surface area contributed by atoms with Crippen molar-refractivity contribution in [3.05, 3.63) is 52.9 Å². The Morgan fingerprint density at radius 2 is 1.88 bits per heavy atom. The number of rotatable bonds is 4. The standard InChI is InChI=1S/C21H20F5N5O/c1-10(12-5-4-6-14(22)16(12)23)27-19-13-7-15(31-8-20(3,32)9-31)18(21(24,25)26)28-17(13)11(2)29-30-19/h4-7,10,32H,8-9H2,1-3H3,(H,27,30)/t10-/m1/s1. The highest BCUT2D eigenvalue weighted by atomic mass is 19.4. The minimum Gasteiger partial charge on any atom is -0.386 e. The first kappa shape index (κ1) is 22.1. The van der Waals surface area contributed by atoms with Gasteiger partial charge in [0.05, 0.1) is 28.5 Å². The number of nitrogens with one attached hydrogen (secondary N) is 1. The first-order valence-corrected chi connectivity index (χ1v) is 9.80. The summed E-state index contributed by atoms with van der Waals surface area (Å²) in [6.45, 7) is 4.60. The summed E-state index contributed by atoms with van der Waals surface area (Å²) in [6, 6.07) is 4.27. The third kappa shape index (κ3) is 3.92. The summed E-state index contributed by atoms with van der Waals surface area (Å²) in [7, 11) is 0. The molecular formula is C21H20F5N5O. The van der Waals surface area contributed by atoms with Gasteiger partial charge in [0.15, 0.2) is 23.1 Å². The van der Waals surface area contributed by atoms with Gasteiger partial charge in [-0.15, -0.1) is 5.10 Å². The Labute approximate surface area is 180 Å². The summed E-state index contributed by atoms with van der Waals surface area (Å²) in [5.41, 5.74) is -2.20. The Morgan fingerprint density at radius 3 is 2.50 bits per heavy atom. The van der Waals surface area contributed by atoms with Crippen molar-refractivity contribution in [1.29, 1.82) is 0 Å². The fourth-order valence-electron chi connectivity index (χ4n) is 3.83. The van der Waals surface area contributed by atoms with Gasteiger partial charge in [-0.25, -0.2) is 13.8 Å². The molecule has 1 aliphatic heterocycles. The van der Waals surface area contributed by atoms with Crippen LogP contribution in [0.15, 0.2) is 24.3 Å². The van der Waals surface area contributed by atoms with Gasteiger partial charge < -0.3 is 15.3 Å². The van der Waals surface area contributed by atoms with Crippen molar-refractivity contribution in [1.82, 2.24) is 15.2 Å². The van der Waals surface area contributed by atoms with Gasteiger partial charge in [0.1, 0.15) is 0 Å². The Hall–Kier alpha value is -3.08. The van der Waals surface area contributed by atoms with Gasteiger partial charge in [0, 0.05) is 24.0 Å². The second kappa shape index (κ2) is 7.51. The topological polar surface area (TPSA) is 74.2 Å². The lowest BCUT2D eigenvalue weighted by atomic mass is 9.95. The molecule has 0 bridgehead atoms. The molecule has 2 N–H and O–H groups in total. The number of anilines is 2. The molecule has 1 aromatic carbocycles. The van der Waals surface area contributed by atoms with Crippen molar-refractivity contribution in [2.45, 2.75) is 38.6 Å². The van der Waals surface area contributed by atoms with Crippen molar-refractivity contribution >= 4 is 22.4 Å². The maximum absolute atomic E-state index is 14.2. The molecule has 0 radical (unpaired) electrons. The van der Waals surface area contributed by atoms with E-state index >= 15 is 0 Å². The molecule has 170 valence electrons. The van der Waals surface area contributed by atoms with E-state index in [1.165, 1.54) is 36.9 Å². The first-order valence-electron chi connectivity index (χ1n) is 9.80. The van der Waals surface area contributed by atoms with E-state index in [2.05, 4.69) is 20.5 Å². The Balaban J connectivity index is 1.82. The number of nitrogens with zero attached hydrogens (tertiary/aromatic N) is 4. The number of aromatic nitrogens is 3. The predicted octanol–water partition coefficient (Wildman–Crippen LogP) is 4.37. The van der Waals surface area contributed by atoms with Gasteiger partial charge in [0.2, 0.25) is 0 Å². The minimum atomic E-state index is -4.73. The monoisotopic (exact) mass is 453 g/mol. The number of aliphatic hydroxyl groups is 1. The van der Waals surface area contributed by atoms with Gasteiger partial charge in [0.25, 0.3) is 0 Å². The van der Waals surface area contributed by atoms with Gasteiger partial charge >= 0.3 is 6.18 Å². The van der Waals surface area contributed by atoms with E-state index in [1.54, 1.807) is 6.92 Å². The van der Waals surface area contributed by atoms with Gasteiger partial charge in [-0.3, -0.25) is 0 Å². The highest BCUT2D eigenvalue weighted by Gasteiger charge is 2.43. The van der Waals surface area contributed by atoms with Crippen LogP contribution in [0.2, 0.25) is 0 Å². The zero-order chi connectivity index (χ0) is 23.4. The molecule has 32 heavy (non-hydrogen) atoms. The van der Waals surface area contributed by atoms with E-state index in [0.29, 0.717) is 0 Å². The highest BCUT2D eigenvalue weighted by Crippen LogP contribution is 2.41. The Kier molecular flexibility index (Phi) is 5.19. The van der Waals surface area contributed by atoms with Crippen molar-refractivity contribution in [3.63, 3.8) is 0 Å². The molecule has 0 aliphatic carbocycles. The van der Waals surface area contributed by atoms with Gasteiger partial charge in [-0.1, -0.05) is 12.1 Å². The third-order valence-electron chi connectivity index (χ3n) is 5.37. The van der Waals surface area contributed by atoms with Crippen LogP contribution in [-0.2, 0) is 6.18 Å². The number of pyridine rings is 1. The van der Waals surface area contributed by atoms with Crippen LogP contribution in [0.3, 0.4) is 0 Å². The lowest BCUT2D eigenvalue weighted by molar-refractivity contribution is -0.140. The molecule has 1 aliphatic rings. The molecule has 11 heteroatoms. The average Bonchev–Trinajstić information content (AvgIpc) is 2.68. The maximum Gasteiger partial charge on any atom is 0.435 e. The second-order valence-electron chi connectivity index (χ2n) is 8.25. The fraction of sp³-hybridized carbons (Fsp3) is 0.381. The van der Waals surface area contributed by atoms with Gasteiger partial charge in [-0.2, -0.15) is 18.3 Å². The van der Waals surface area contributed by atoms with Crippen molar-refractivity contribution in [2.75, 3.05) is 23.3 Å². The van der Waals surface area contributed by atoms with Crippen LogP contribution in [0, 0.1) is 18.6 Å². The number of benzene rings is 1. The predicted molar refractivity (Wildman–Crippen MR) is 108 cm³/mol. The molecule has 0 spiro atoms. The summed E-state index contributed by atoms with van der Waals surface area (Å²) in [6.07, 6.45) is -4.73. The molecule has 4 rings (SSSR count). The van der Waals surface area contributed by atoms with Crippen LogP contribution in [-0.4, -0.2) is 39.0 Å². The smallest absolute Gasteiger partial charge is 0.386 e. The number of aryl methyl sites for hydroxylation is 1. The number of hydrogen-bond donors (Lipinski definition) is 2. The van der Waals surface area contributed by atoms with E-state index in [1.807, 2.05) is 0 Å². The lowest BCUT2D eigenvalue weighted by Gasteiger charge is -2.46. The van der Waals surface area contributed by atoms with E-state index in [9.17, 15) is 27.1 Å². The first-order chi connectivity index (χ1) is 14.9. The van der Waals surface area contributed by atoms with Crippen LogP contribution in [0.1, 0.15) is 36.8 Å². The molecule has 1 fully saturated rings. The van der Waals surface area contributed by atoms with Crippen molar-refractivity contribution < 1.29 is 27.1 Å². The third-order valence-corrected chi connectivity index (χ3v) is 5.37. The Morgan fingerprint density at radius 1 is 1.19 bits per heavy atom. The molecule has 2 aromatic heterocycles. The van der Waals surface area contributed by atoms with Crippen LogP contribution in [0.25, 0.3) is 10.9 Å². The SMILES string of the molecule is Cc1nnc(N[C@H](C)c2cccc(F)c2F)c2cc(N3CC(C)(O)C3)c(C(F)(F)F)nc12. The van der Waals surface area contributed by atoms with Crippen LogP contribution in [0.5, 0.6) is 0 Å². The second-order valence-corrected chi connectivity index (χ2v) is 8.25. The quantitative estimate of drug-likeness (QED) is 0.572. The summed E-state index contributed by atoms with van der Waals surface area (Å²) in [5.74, 6) is -1.96. The number of β-amino-alcohol motifs (C(OH)–C–C–N with tert-alkyl or cyclic N) is 1. The van der Waals surface area contributed by atoms with Crippen molar-refractivity contribution in [3.8, 4) is 0 Å². The summed E-state index contributed by atoms with van der Waals surface area (Å²) >= 11 is 0. The maximum atomic E-state index is 14.2. The molecule has 1 atom stereocenters. The molecule has 3 heterocycles. The summed E-state index contributed by atoms with van der Waals surface area (Å²) in [5, 5.41) is 21.1. The molecule has 6 nitrogen and oxygen atoms in total. The van der Waals surface area contributed by atoms with E-state index in [-0.39, 0.29) is 46.8 Å². The number of alkyl halides is 3. The lowest BCUT2D eigenvalue weighted by Crippen LogP contribution is -2.60. The zero-order valence-electron chi connectivity index (χ0n) is 17.4. The van der Waals surface area contributed by atoms with E-state index < -0.39 is 35.1 Å². The Bertz CT molecular complexity index is 1190. The number of halogens is 5. The molecule has 3 aromatic rings. The zero-order valence-corrected chi connectivity index (χ0v) is 17.4. The molecule has 1 saturated heterocycles. The normalized spacial score (nSPS) is 16.7. The highest BCUT2D eigenvalue weighted by molar-refractivity contribution is 5.93. The van der Waals surface area contributed by atoms with Crippen molar-refractivity contribution in [2.24, 2.45) is 0 Å². The number of fused-ring (bicyclic) bond motifs is 1.